The molecular weight excluding hydrogens is 364 g/mol. The molecule has 0 amide bonds. The second kappa shape index (κ2) is 8.93. The van der Waals surface area contributed by atoms with Crippen LogP contribution in [-0.2, 0) is 6.42 Å². The zero-order valence-electron chi connectivity index (χ0n) is 16.4. The van der Waals surface area contributed by atoms with E-state index in [0.29, 0.717) is 23.1 Å². The van der Waals surface area contributed by atoms with Gasteiger partial charge in [-0.2, -0.15) is 0 Å². The largest absolute Gasteiger partial charge is 0.203 e. The fraction of sp³-hybridized carbons (Fsp3) is 0.417. The van der Waals surface area contributed by atoms with Crippen LogP contribution < -0.4 is 0 Å². The molecule has 0 N–H and O–H groups in total. The molecule has 150 valence electrons. The molecule has 3 rings (SSSR count). The van der Waals surface area contributed by atoms with E-state index < -0.39 is 23.3 Å². The fourth-order valence-electron chi connectivity index (χ4n) is 4.03. The Morgan fingerprint density at radius 3 is 2.25 bits per heavy atom. The summed E-state index contributed by atoms with van der Waals surface area (Å²) >= 11 is 0. The van der Waals surface area contributed by atoms with Crippen LogP contribution in [0.2, 0.25) is 0 Å². The van der Waals surface area contributed by atoms with Crippen LogP contribution in [0.15, 0.2) is 30.3 Å². The first-order valence-corrected chi connectivity index (χ1v) is 10.0. The smallest absolute Gasteiger partial charge is 0.166 e. The van der Waals surface area contributed by atoms with Crippen LogP contribution in [-0.4, -0.2) is 0 Å². The van der Waals surface area contributed by atoms with Gasteiger partial charge in [0.15, 0.2) is 23.3 Å². The Hall–Kier alpha value is -2.10. The number of benzene rings is 2. The molecular formula is C24H26F4. The molecule has 0 saturated heterocycles. The lowest BCUT2D eigenvalue weighted by atomic mass is 9.78. The Balaban J connectivity index is 1.65. The summed E-state index contributed by atoms with van der Waals surface area (Å²) in [5.74, 6) is -2.82. The topological polar surface area (TPSA) is 0 Å². The Bertz CT molecular complexity index is 861. The molecule has 1 aliphatic carbocycles. The van der Waals surface area contributed by atoms with Crippen molar-refractivity contribution in [3.8, 4) is 0 Å². The summed E-state index contributed by atoms with van der Waals surface area (Å²) in [5, 5.41) is 0. The van der Waals surface area contributed by atoms with Crippen LogP contribution >= 0.6 is 0 Å². The molecule has 0 heterocycles. The van der Waals surface area contributed by atoms with E-state index in [4.69, 9.17) is 0 Å². The fourth-order valence-corrected chi connectivity index (χ4v) is 4.03. The Morgan fingerprint density at radius 1 is 0.857 bits per heavy atom. The maximum Gasteiger partial charge on any atom is 0.166 e. The molecule has 0 unspecified atom stereocenters. The molecule has 0 aliphatic heterocycles. The van der Waals surface area contributed by atoms with Crippen molar-refractivity contribution in [3.05, 3.63) is 75.9 Å². The lowest BCUT2D eigenvalue weighted by molar-refractivity contribution is 0.364. The van der Waals surface area contributed by atoms with Crippen LogP contribution in [0.25, 0.3) is 6.08 Å². The average Bonchev–Trinajstić information content (AvgIpc) is 2.70. The number of rotatable bonds is 5. The van der Waals surface area contributed by atoms with Gasteiger partial charge in [0.2, 0.25) is 0 Å². The second-order valence-electron chi connectivity index (χ2n) is 7.76. The van der Waals surface area contributed by atoms with Gasteiger partial charge in [0, 0.05) is 5.56 Å². The Morgan fingerprint density at radius 2 is 1.57 bits per heavy atom. The molecule has 1 aliphatic rings. The van der Waals surface area contributed by atoms with Crippen molar-refractivity contribution < 1.29 is 17.6 Å². The van der Waals surface area contributed by atoms with Gasteiger partial charge < -0.3 is 0 Å². The van der Waals surface area contributed by atoms with Gasteiger partial charge in [0.25, 0.3) is 0 Å². The summed E-state index contributed by atoms with van der Waals surface area (Å²) in [7, 11) is 0. The zero-order chi connectivity index (χ0) is 20.3. The Labute approximate surface area is 164 Å². The van der Waals surface area contributed by atoms with Crippen molar-refractivity contribution >= 4 is 6.08 Å². The average molecular weight is 390 g/mol. The molecule has 1 fully saturated rings. The highest BCUT2D eigenvalue weighted by Crippen LogP contribution is 2.38. The van der Waals surface area contributed by atoms with E-state index in [1.807, 2.05) is 13.0 Å². The maximum atomic E-state index is 14.2. The van der Waals surface area contributed by atoms with Crippen molar-refractivity contribution in [2.24, 2.45) is 5.92 Å². The summed E-state index contributed by atoms with van der Waals surface area (Å²) < 4.78 is 56.4. The first kappa shape index (κ1) is 20.6. The second-order valence-corrected chi connectivity index (χ2v) is 7.76. The standard InChI is InChI=1S/C24H26F4/c1-3-4-18-12-13-19(23(27)22(18)26)11-8-16-6-9-17(10-7-16)20-14-5-15(2)21(25)24(20)28/h5,8,11-14,16-17H,3-4,6-7,9-10H2,1-2H3/b11-8+. The quantitative estimate of drug-likeness (QED) is 0.464. The van der Waals surface area contributed by atoms with Gasteiger partial charge in [-0.1, -0.05) is 49.8 Å². The summed E-state index contributed by atoms with van der Waals surface area (Å²) in [6, 6.07) is 6.58. The predicted octanol–water partition coefficient (Wildman–Crippen LogP) is 7.49. The molecule has 2 aromatic carbocycles. The van der Waals surface area contributed by atoms with Crippen LogP contribution in [0.1, 0.15) is 67.2 Å². The molecule has 0 bridgehead atoms. The normalized spacial score (nSPS) is 20.1. The third-order valence-electron chi connectivity index (χ3n) is 5.78. The lowest BCUT2D eigenvalue weighted by Crippen LogP contribution is -2.13. The van der Waals surface area contributed by atoms with Crippen molar-refractivity contribution in [2.75, 3.05) is 0 Å². The summed E-state index contributed by atoms with van der Waals surface area (Å²) in [4.78, 5) is 0. The molecule has 1 saturated carbocycles. The molecule has 28 heavy (non-hydrogen) atoms. The van der Waals surface area contributed by atoms with Crippen LogP contribution in [0.3, 0.4) is 0 Å². The SMILES string of the molecule is CCCc1ccc(/C=C/C2CCC(c3ccc(C)c(F)c3F)CC2)c(F)c1F. The third-order valence-corrected chi connectivity index (χ3v) is 5.78. The van der Waals surface area contributed by atoms with Gasteiger partial charge in [-0.05, 0) is 67.6 Å². The van der Waals surface area contributed by atoms with E-state index in [-0.39, 0.29) is 17.4 Å². The first-order valence-electron chi connectivity index (χ1n) is 10.0. The Kier molecular flexibility index (Phi) is 6.58. The number of aryl methyl sites for hydroxylation is 2. The third kappa shape index (κ3) is 4.31. The lowest BCUT2D eigenvalue weighted by Gasteiger charge is -2.27. The number of hydrogen-bond acceptors (Lipinski definition) is 0. The van der Waals surface area contributed by atoms with Gasteiger partial charge in [0.1, 0.15) is 0 Å². The number of allylic oxidation sites excluding steroid dienone is 1. The van der Waals surface area contributed by atoms with E-state index >= 15 is 0 Å². The summed E-state index contributed by atoms with van der Waals surface area (Å²) in [6.07, 6.45) is 7.97. The van der Waals surface area contributed by atoms with Crippen molar-refractivity contribution in [3.63, 3.8) is 0 Å². The van der Waals surface area contributed by atoms with E-state index in [0.717, 1.165) is 32.1 Å². The summed E-state index contributed by atoms with van der Waals surface area (Å²) in [6.45, 7) is 3.49. The van der Waals surface area contributed by atoms with Gasteiger partial charge in [-0.25, -0.2) is 17.6 Å². The highest BCUT2D eigenvalue weighted by Gasteiger charge is 2.25. The minimum atomic E-state index is -0.798. The van der Waals surface area contributed by atoms with Gasteiger partial charge in [0.05, 0.1) is 0 Å². The van der Waals surface area contributed by atoms with Crippen LogP contribution in [0, 0.1) is 36.1 Å². The molecule has 0 radical (unpaired) electrons. The van der Waals surface area contributed by atoms with E-state index in [1.165, 1.54) is 0 Å². The van der Waals surface area contributed by atoms with Gasteiger partial charge in [-0.15, -0.1) is 0 Å². The van der Waals surface area contributed by atoms with Crippen molar-refractivity contribution in [2.45, 2.75) is 58.3 Å². The number of hydrogen-bond donors (Lipinski definition) is 0. The van der Waals surface area contributed by atoms with Gasteiger partial charge >= 0.3 is 0 Å². The molecule has 0 atom stereocenters. The molecule has 2 aromatic rings. The highest BCUT2D eigenvalue weighted by molar-refractivity contribution is 5.51. The van der Waals surface area contributed by atoms with Crippen molar-refractivity contribution in [1.29, 1.82) is 0 Å². The van der Waals surface area contributed by atoms with Crippen molar-refractivity contribution in [1.82, 2.24) is 0 Å². The van der Waals surface area contributed by atoms with E-state index in [2.05, 4.69) is 0 Å². The highest BCUT2D eigenvalue weighted by atomic mass is 19.2. The minimum Gasteiger partial charge on any atom is -0.203 e. The zero-order valence-corrected chi connectivity index (χ0v) is 16.4. The number of halogens is 4. The van der Waals surface area contributed by atoms with E-state index in [1.54, 1.807) is 37.3 Å². The monoisotopic (exact) mass is 390 g/mol. The van der Waals surface area contributed by atoms with Gasteiger partial charge in [-0.3, -0.25) is 0 Å². The molecule has 0 nitrogen and oxygen atoms in total. The molecule has 0 aromatic heterocycles. The predicted molar refractivity (Wildman–Crippen MR) is 105 cm³/mol. The molecule has 4 heteroatoms. The molecule has 0 spiro atoms. The minimum absolute atomic E-state index is 0.00209. The summed E-state index contributed by atoms with van der Waals surface area (Å²) in [5.41, 5.74) is 1.43. The van der Waals surface area contributed by atoms with Crippen LogP contribution in [0.5, 0.6) is 0 Å². The van der Waals surface area contributed by atoms with Crippen LogP contribution in [0.4, 0.5) is 17.6 Å². The van der Waals surface area contributed by atoms with E-state index in [9.17, 15) is 17.6 Å². The maximum absolute atomic E-state index is 14.2. The first-order chi connectivity index (χ1) is 13.4.